The molecule has 0 aliphatic heterocycles. The average Bonchev–Trinajstić information content (AvgIpc) is 2.87. The van der Waals surface area contributed by atoms with Crippen molar-refractivity contribution in [2.24, 2.45) is 0 Å². The quantitative estimate of drug-likeness (QED) is 0.101. The van der Waals surface area contributed by atoms with E-state index in [2.05, 4.69) is 35.9 Å². The first-order valence-corrected chi connectivity index (χ1v) is 15.7. The van der Waals surface area contributed by atoms with Crippen LogP contribution in [0.15, 0.2) is 29.2 Å². The number of unbranched alkanes of at least 4 members (excludes halogenated alkanes) is 16. The van der Waals surface area contributed by atoms with Crippen molar-refractivity contribution in [3.63, 3.8) is 0 Å². The number of rotatable bonds is 20. The SMILES string of the molecule is CCCCCCCCCCCCC#CC#CCCCCCCCCC(=O)Nc1ccc(S(=O)(=O)O)cc1. The molecule has 0 bridgehead atoms. The van der Waals surface area contributed by atoms with Crippen LogP contribution in [0, 0.1) is 23.7 Å². The molecule has 0 fully saturated rings. The second-order valence-electron chi connectivity index (χ2n) is 9.70. The van der Waals surface area contributed by atoms with E-state index in [9.17, 15) is 13.2 Å². The fourth-order valence-electron chi connectivity index (χ4n) is 4.05. The second kappa shape index (κ2) is 21.8. The maximum absolute atomic E-state index is 12.0. The zero-order valence-corrected chi connectivity index (χ0v) is 23.6. The second-order valence-corrected chi connectivity index (χ2v) is 11.1. The van der Waals surface area contributed by atoms with Gasteiger partial charge in [-0.05, 0) is 55.4 Å². The van der Waals surface area contributed by atoms with E-state index in [-0.39, 0.29) is 10.8 Å². The highest BCUT2D eigenvalue weighted by atomic mass is 32.2. The van der Waals surface area contributed by atoms with Gasteiger partial charge in [0.05, 0.1) is 4.90 Å². The Bertz CT molecular complexity index is 962. The van der Waals surface area contributed by atoms with Gasteiger partial charge in [-0.1, -0.05) is 102 Å². The molecule has 206 valence electrons. The first-order valence-electron chi connectivity index (χ1n) is 14.3. The van der Waals surface area contributed by atoms with E-state index >= 15 is 0 Å². The normalized spacial score (nSPS) is 10.8. The lowest BCUT2D eigenvalue weighted by Gasteiger charge is -2.06. The van der Waals surface area contributed by atoms with Crippen LogP contribution in [-0.4, -0.2) is 18.9 Å². The van der Waals surface area contributed by atoms with Crippen LogP contribution in [0.1, 0.15) is 129 Å². The summed E-state index contributed by atoms with van der Waals surface area (Å²) in [5.41, 5.74) is 0.516. The third kappa shape index (κ3) is 19.5. The summed E-state index contributed by atoms with van der Waals surface area (Å²) in [6.45, 7) is 2.26. The van der Waals surface area contributed by atoms with Gasteiger partial charge in [-0.25, -0.2) is 0 Å². The molecule has 0 aliphatic carbocycles. The topological polar surface area (TPSA) is 83.5 Å². The van der Waals surface area contributed by atoms with Crippen LogP contribution in [0.25, 0.3) is 0 Å². The Morgan fingerprint density at radius 1 is 0.703 bits per heavy atom. The van der Waals surface area contributed by atoms with Gasteiger partial charge in [-0.3, -0.25) is 9.35 Å². The van der Waals surface area contributed by atoms with Gasteiger partial charge in [-0.15, -0.1) is 0 Å². The van der Waals surface area contributed by atoms with E-state index in [0.29, 0.717) is 12.1 Å². The molecule has 1 aromatic rings. The van der Waals surface area contributed by atoms with Gasteiger partial charge in [0.2, 0.25) is 5.91 Å². The minimum absolute atomic E-state index is 0.0934. The van der Waals surface area contributed by atoms with Crippen molar-refractivity contribution in [2.75, 3.05) is 5.32 Å². The Labute approximate surface area is 226 Å². The molecule has 1 aromatic carbocycles. The zero-order chi connectivity index (χ0) is 27.0. The summed E-state index contributed by atoms with van der Waals surface area (Å²) in [4.78, 5) is 11.8. The predicted octanol–water partition coefficient (Wildman–Crippen LogP) is 8.31. The van der Waals surface area contributed by atoms with Crippen molar-refractivity contribution >= 4 is 21.7 Å². The Balaban J connectivity index is 1.91. The number of hydrogen-bond acceptors (Lipinski definition) is 3. The molecular weight excluding hydrogens is 482 g/mol. The highest BCUT2D eigenvalue weighted by Crippen LogP contribution is 2.15. The van der Waals surface area contributed by atoms with Gasteiger partial charge in [0.25, 0.3) is 10.1 Å². The van der Waals surface area contributed by atoms with E-state index < -0.39 is 10.1 Å². The first kappa shape index (κ1) is 32.7. The van der Waals surface area contributed by atoms with Crippen LogP contribution >= 0.6 is 0 Å². The lowest BCUT2D eigenvalue weighted by Crippen LogP contribution is -2.11. The fraction of sp³-hybridized carbons (Fsp3) is 0.645. The molecule has 0 radical (unpaired) electrons. The Kier molecular flexibility index (Phi) is 19.3. The minimum Gasteiger partial charge on any atom is -0.326 e. The number of amides is 1. The molecule has 0 aliphatic rings. The monoisotopic (exact) mass is 529 g/mol. The standard InChI is InChI=1S/C31H47NO4S/c1-2-3-4-5-6-7-8-9-10-11-12-13-14-15-16-17-18-19-20-21-22-23-24-31(33)32-29-25-27-30(28-26-29)37(34,35)36/h25-28H,2-12,17-24H2,1H3,(H,32,33)(H,34,35,36). The molecule has 37 heavy (non-hydrogen) atoms. The molecule has 0 heterocycles. The molecule has 6 heteroatoms. The number of benzene rings is 1. The third-order valence-electron chi connectivity index (χ3n) is 6.29. The maximum Gasteiger partial charge on any atom is 0.294 e. The molecule has 5 nitrogen and oxygen atoms in total. The molecule has 2 N–H and O–H groups in total. The zero-order valence-electron chi connectivity index (χ0n) is 22.8. The van der Waals surface area contributed by atoms with Crippen molar-refractivity contribution in [3.05, 3.63) is 24.3 Å². The smallest absolute Gasteiger partial charge is 0.294 e. The fourth-order valence-corrected chi connectivity index (χ4v) is 4.53. The van der Waals surface area contributed by atoms with Crippen molar-refractivity contribution in [1.82, 2.24) is 0 Å². The molecular formula is C31H47NO4S. The number of carbonyl (C=O) groups is 1. The summed E-state index contributed by atoms with van der Waals surface area (Å²) in [7, 11) is -4.22. The molecule has 1 rings (SSSR count). The highest BCUT2D eigenvalue weighted by Gasteiger charge is 2.09. The Morgan fingerprint density at radius 3 is 1.59 bits per heavy atom. The van der Waals surface area contributed by atoms with E-state index in [4.69, 9.17) is 4.55 Å². The molecule has 0 aromatic heterocycles. The number of anilines is 1. The van der Waals surface area contributed by atoms with Gasteiger partial charge in [0.1, 0.15) is 0 Å². The summed E-state index contributed by atoms with van der Waals surface area (Å²) in [6.07, 6.45) is 22.1. The summed E-state index contributed by atoms with van der Waals surface area (Å²) in [5.74, 6) is 12.2. The van der Waals surface area contributed by atoms with Crippen LogP contribution in [0.4, 0.5) is 5.69 Å². The predicted molar refractivity (Wildman–Crippen MR) is 154 cm³/mol. The summed E-state index contributed by atoms with van der Waals surface area (Å²) >= 11 is 0. The molecule has 0 saturated carbocycles. The summed E-state index contributed by atoms with van der Waals surface area (Å²) < 4.78 is 31.1. The number of carbonyl (C=O) groups excluding carboxylic acids is 1. The van der Waals surface area contributed by atoms with Gasteiger partial charge in [-0.2, -0.15) is 8.42 Å². The van der Waals surface area contributed by atoms with Crippen LogP contribution < -0.4 is 5.32 Å². The van der Waals surface area contributed by atoms with E-state index in [1.165, 1.54) is 88.5 Å². The first-order chi connectivity index (χ1) is 17.9. The minimum atomic E-state index is -4.22. The summed E-state index contributed by atoms with van der Waals surface area (Å²) in [5, 5.41) is 2.74. The molecule has 0 unspecified atom stereocenters. The molecule has 0 atom stereocenters. The summed E-state index contributed by atoms with van der Waals surface area (Å²) in [6, 6.07) is 5.46. The Morgan fingerprint density at radius 2 is 1.14 bits per heavy atom. The van der Waals surface area contributed by atoms with E-state index in [1.807, 2.05) is 0 Å². The van der Waals surface area contributed by atoms with Crippen molar-refractivity contribution in [3.8, 4) is 23.7 Å². The van der Waals surface area contributed by atoms with Crippen molar-refractivity contribution in [1.29, 1.82) is 0 Å². The van der Waals surface area contributed by atoms with Crippen LogP contribution in [0.3, 0.4) is 0 Å². The van der Waals surface area contributed by atoms with Crippen molar-refractivity contribution in [2.45, 2.75) is 134 Å². The lowest BCUT2D eigenvalue weighted by molar-refractivity contribution is -0.116. The van der Waals surface area contributed by atoms with Crippen molar-refractivity contribution < 1.29 is 17.8 Å². The lowest BCUT2D eigenvalue weighted by atomic mass is 10.1. The van der Waals surface area contributed by atoms with Gasteiger partial charge >= 0.3 is 0 Å². The van der Waals surface area contributed by atoms with Gasteiger partial charge in [0.15, 0.2) is 0 Å². The van der Waals surface area contributed by atoms with Gasteiger partial charge < -0.3 is 5.32 Å². The van der Waals surface area contributed by atoms with Crippen LogP contribution in [0.5, 0.6) is 0 Å². The largest absolute Gasteiger partial charge is 0.326 e. The molecule has 1 amide bonds. The Hall–Kier alpha value is -2.28. The molecule has 0 saturated heterocycles. The van der Waals surface area contributed by atoms with E-state index in [1.54, 1.807) is 0 Å². The van der Waals surface area contributed by atoms with E-state index in [0.717, 1.165) is 51.4 Å². The number of nitrogens with one attached hydrogen (secondary N) is 1. The van der Waals surface area contributed by atoms with Crippen LogP contribution in [-0.2, 0) is 14.9 Å². The maximum atomic E-state index is 12.0. The molecule has 0 spiro atoms. The third-order valence-corrected chi connectivity index (χ3v) is 7.15. The van der Waals surface area contributed by atoms with Crippen LogP contribution in [0.2, 0.25) is 0 Å². The number of hydrogen-bond donors (Lipinski definition) is 2. The van der Waals surface area contributed by atoms with Gasteiger partial charge in [0, 0.05) is 24.9 Å². The average molecular weight is 530 g/mol. The highest BCUT2D eigenvalue weighted by molar-refractivity contribution is 7.85.